The van der Waals surface area contributed by atoms with Gasteiger partial charge in [-0.3, -0.25) is 9.20 Å². The van der Waals surface area contributed by atoms with E-state index in [0.717, 1.165) is 15.8 Å². The Balaban J connectivity index is 1.74. The van der Waals surface area contributed by atoms with E-state index in [2.05, 4.69) is 31.4 Å². The van der Waals surface area contributed by atoms with Gasteiger partial charge in [0.1, 0.15) is 17.1 Å². The van der Waals surface area contributed by atoms with Crippen LogP contribution in [0.2, 0.25) is 0 Å². The Labute approximate surface area is 153 Å². The molecular formula is C18H17BrN4O2. The third-order valence-corrected chi connectivity index (χ3v) is 4.01. The van der Waals surface area contributed by atoms with E-state index < -0.39 is 0 Å². The monoisotopic (exact) mass is 400 g/mol. The molecule has 0 unspecified atom stereocenters. The van der Waals surface area contributed by atoms with Crippen molar-refractivity contribution in [3.05, 3.63) is 64.0 Å². The Morgan fingerprint density at radius 3 is 2.80 bits per heavy atom. The highest BCUT2D eigenvalue weighted by atomic mass is 79.9. The summed E-state index contributed by atoms with van der Waals surface area (Å²) in [6.45, 7) is 4.36. The zero-order valence-electron chi connectivity index (χ0n) is 13.9. The minimum atomic E-state index is -0.315. The standard InChI is InChI=1S/C18H17BrN4O2/c1-3-25-15-7-4-13(5-8-15)10-20-22-18(24)17-12(2)21-16-9-6-14(19)11-23(16)17/h4-11H,3H2,1-2H3,(H,22,24)/b20-10+. The van der Waals surface area contributed by atoms with Crippen molar-refractivity contribution in [2.24, 2.45) is 5.10 Å². The van der Waals surface area contributed by atoms with Crippen LogP contribution in [-0.2, 0) is 0 Å². The van der Waals surface area contributed by atoms with Crippen molar-refractivity contribution < 1.29 is 9.53 Å². The van der Waals surface area contributed by atoms with Crippen LogP contribution in [0.15, 0.2) is 52.2 Å². The summed E-state index contributed by atoms with van der Waals surface area (Å²) in [4.78, 5) is 16.8. The van der Waals surface area contributed by atoms with Gasteiger partial charge in [0.05, 0.1) is 18.5 Å². The van der Waals surface area contributed by atoms with Gasteiger partial charge in [-0.1, -0.05) is 0 Å². The molecule has 0 radical (unpaired) electrons. The lowest BCUT2D eigenvalue weighted by Gasteiger charge is -2.03. The lowest BCUT2D eigenvalue weighted by Crippen LogP contribution is -2.20. The number of carbonyl (C=O) groups is 1. The quantitative estimate of drug-likeness (QED) is 0.525. The summed E-state index contributed by atoms with van der Waals surface area (Å²) in [6.07, 6.45) is 3.39. The van der Waals surface area contributed by atoms with Gasteiger partial charge in [-0.15, -0.1) is 0 Å². The number of carbonyl (C=O) groups excluding carboxylic acids is 1. The van der Waals surface area contributed by atoms with Gasteiger partial charge < -0.3 is 4.74 Å². The molecule has 0 aliphatic rings. The summed E-state index contributed by atoms with van der Waals surface area (Å²) in [7, 11) is 0. The third kappa shape index (κ3) is 3.88. The van der Waals surface area contributed by atoms with Gasteiger partial charge in [0.25, 0.3) is 5.91 Å². The van der Waals surface area contributed by atoms with Crippen LogP contribution in [0.25, 0.3) is 5.65 Å². The number of fused-ring (bicyclic) bond motifs is 1. The number of ether oxygens (including phenoxy) is 1. The van der Waals surface area contributed by atoms with Crippen LogP contribution in [0.3, 0.4) is 0 Å². The highest BCUT2D eigenvalue weighted by Gasteiger charge is 2.16. The summed E-state index contributed by atoms with van der Waals surface area (Å²) in [5, 5.41) is 4.03. The first-order valence-corrected chi connectivity index (χ1v) is 8.58. The molecule has 0 aliphatic heterocycles. The average Bonchev–Trinajstić information content (AvgIpc) is 2.91. The smallest absolute Gasteiger partial charge is 0.290 e. The number of aryl methyl sites for hydroxylation is 1. The Morgan fingerprint density at radius 1 is 1.32 bits per heavy atom. The van der Waals surface area contributed by atoms with Crippen molar-refractivity contribution in [2.75, 3.05) is 6.61 Å². The first-order chi connectivity index (χ1) is 12.1. The topological polar surface area (TPSA) is 68.0 Å². The van der Waals surface area contributed by atoms with Crippen LogP contribution >= 0.6 is 15.9 Å². The van der Waals surface area contributed by atoms with E-state index in [-0.39, 0.29) is 5.91 Å². The molecule has 128 valence electrons. The minimum absolute atomic E-state index is 0.315. The highest BCUT2D eigenvalue weighted by Crippen LogP contribution is 2.16. The largest absolute Gasteiger partial charge is 0.494 e. The molecule has 1 N–H and O–H groups in total. The van der Waals surface area contributed by atoms with Crippen LogP contribution in [0.5, 0.6) is 5.75 Å². The van der Waals surface area contributed by atoms with E-state index in [1.807, 2.05) is 43.3 Å². The Hall–Kier alpha value is -2.67. The van der Waals surface area contributed by atoms with E-state index in [0.29, 0.717) is 23.6 Å². The molecule has 25 heavy (non-hydrogen) atoms. The van der Waals surface area contributed by atoms with Gasteiger partial charge in [0.15, 0.2) is 0 Å². The average molecular weight is 401 g/mol. The lowest BCUT2D eigenvalue weighted by atomic mass is 10.2. The molecule has 0 saturated carbocycles. The molecule has 3 rings (SSSR count). The number of nitrogens with one attached hydrogen (secondary N) is 1. The maximum atomic E-state index is 12.5. The molecule has 2 heterocycles. The molecule has 0 saturated heterocycles. The first kappa shape index (κ1) is 17.2. The lowest BCUT2D eigenvalue weighted by molar-refractivity contribution is 0.0948. The number of rotatable bonds is 5. The fourth-order valence-corrected chi connectivity index (χ4v) is 2.78. The van der Waals surface area contributed by atoms with Crippen molar-refractivity contribution >= 4 is 33.7 Å². The first-order valence-electron chi connectivity index (χ1n) is 7.79. The van der Waals surface area contributed by atoms with Crippen LogP contribution in [0.4, 0.5) is 0 Å². The van der Waals surface area contributed by atoms with Crippen molar-refractivity contribution in [2.45, 2.75) is 13.8 Å². The van der Waals surface area contributed by atoms with Crippen LogP contribution in [0, 0.1) is 6.92 Å². The number of halogens is 1. The van der Waals surface area contributed by atoms with E-state index >= 15 is 0 Å². The molecule has 3 aromatic rings. The van der Waals surface area contributed by atoms with Gasteiger partial charge in [-0.2, -0.15) is 5.10 Å². The van der Waals surface area contributed by atoms with Gasteiger partial charge in [0.2, 0.25) is 0 Å². The molecule has 6 nitrogen and oxygen atoms in total. The normalized spacial score (nSPS) is 11.2. The van der Waals surface area contributed by atoms with Crippen molar-refractivity contribution in [1.82, 2.24) is 14.8 Å². The number of amides is 1. The highest BCUT2D eigenvalue weighted by molar-refractivity contribution is 9.10. The number of benzene rings is 1. The number of aromatic nitrogens is 2. The summed E-state index contributed by atoms with van der Waals surface area (Å²) in [5.74, 6) is 0.487. The minimum Gasteiger partial charge on any atom is -0.494 e. The number of imidazole rings is 1. The Morgan fingerprint density at radius 2 is 2.08 bits per heavy atom. The summed E-state index contributed by atoms with van der Waals surface area (Å²) in [6, 6.07) is 11.2. The zero-order chi connectivity index (χ0) is 17.8. The SMILES string of the molecule is CCOc1ccc(/C=N/NC(=O)c2c(C)nc3ccc(Br)cn23)cc1. The van der Waals surface area contributed by atoms with E-state index in [1.54, 1.807) is 23.7 Å². The molecule has 7 heteroatoms. The second kappa shape index (κ2) is 7.48. The maximum Gasteiger partial charge on any atom is 0.290 e. The molecule has 0 spiro atoms. The summed E-state index contributed by atoms with van der Waals surface area (Å²) < 4.78 is 7.99. The summed E-state index contributed by atoms with van der Waals surface area (Å²) >= 11 is 3.40. The molecule has 1 aromatic carbocycles. The maximum absolute atomic E-state index is 12.5. The summed E-state index contributed by atoms with van der Waals surface area (Å²) in [5.41, 5.74) is 5.22. The fourth-order valence-electron chi connectivity index (χ4n) is 2.45. The molecule has 2 aromatic heterocycles. The second-order valence-electron chi connectivity index (χ2n) is 5.32. The Kier molecular flexibility index (Phi) is 5.14. The van der Waals surface area contributed by atoms with Crippen molar-refractivity contribution in [1.29, 1.82) is 0 Å². The molecule has 0 fully saturated rings. The molecule has 0 atom stereocenters. The number of nitrogens with zero attached hydrogens (tertiary/aromatic N) is 3. The molecule has 1 amide bonds. The third-order valence-electron chi connectivity index (χ3n) is 3.54. The molecule has 0 aliphatic carbocycles. The Bertz CT molecular complexity index is 932. The van der Waals surface area contributed by atoms with Gasteiger partial charge in [-0.05, 0) is 71.7 Å². The van der Waals surface area contributed by atoms with E-state index in [4.69, 9.17) is 4.74 Å². The second-order valence-corrected chi connectivity index (χ2v) is 6.24. The number of pyridine rings is 1. The number of hydrogen-bond donors (Lipinski definition) is 1. The number of hydrazone groups is 1. The van der Waals surface area contributed by atoms with E-state index in [9.17, 15) is 4.79 Å². The number of hydrogen-bond acceptors (Lipinski definition) is 4. The zero-order valence-corrected chi connectivity index (χ0v) is 15.4. The molecular weight excluding hydrogens is 384 g/mol. The van der Waals surface area contributed by atoms with Gasteiger partial charge in [-0.25, -0.2) is 10.4 Å². The van der Waals surface area contributed by atoms with Crippen molar-refractivity contribution in [3.63, 3.8) is 0 Å². The van der Waals surface area contributed by atoms with Crippen LogP contribution in [0.1, 0.15) is 28.7 Å². The van der Waals surface area contributed by atoms with Crippen molar-refractivity contribution in [3.8, 4) is 5.75 Å². The fraction of sp³-hybridized carbons (Fsp3) is 0.167. The molecule has 0 bridgehead atoms. The predicted molar refractivity (Wildman–Crippen MR) is 100 cm³/mol. The van der Waals surface area contributed by atoms with Gasteiger partial charge >= 0.3 is 0 Å². The predicted octanol–water partition coefficient (Wildman–Crippen LogP) is 3.57. The van der Waals surface area contributed by atoms with Gasteiger partial charge in [0, 0.05) is 10.7 Å². The van der Waals surface area contributed by atoms with E-state index in [1.165, 1.54) is 0 Å². The van der Waals surface area contributed by atoms with Crippen LogP contribution in [-0.4, -0.2) is 28.1 Å². The van der Waals surface area contributed by atoms with Crippen LogP contribution < -0.4 is 10.2 Å².